The van der Waals surface area contributed by atoms with Crippen LogP contribution in [0.1, 0.15) is 25.7 Å². The lowest BCUT2D eigenvalue weighted by molar-refractivity contribution is 0.461. The van der Waals surface area contributed by atoms with Crippen molar-refractivity contribution in [1.82, 2.24) is 9.97 Å². The van der Waals surface area contributed by atoms with Gasteiger partial charge in [-0.15, -0.1) is 11.3 Å². The molecule has 1 fully saturated rings. The third kappa shape index (κ3) is 2.20. The minimum absolute atomic E-state index is 0.338. The van der Waals surface area contributed by atoms with Crippen LogP contribution in [0.4, 0.5) is 5.82 Å². The van der Waals surface area contributed by atoms with Gasteiger partial charge in [0, 0.05) is 12.6 Å². The van der Waals surface area contributed by atoms with Crippen LogP contribution in [0.25, 0.3) is 10.2 Å². The fourth-order valence-corrected chi connectivity index (χ4v) is 3.54. The van der Waals surface area contributed by atoms with Crippen molar-refractivity contribution in [3.05, 3.63) is 17.8 Å². The lowest BCUT2D eigenvalue weighted by Crippen LogP contribution is -2.35. The van der Waals surface area contributed by atoms with Crippen LogP contribution in [-0.2, 0) is 0 Å². The van der Waals surface area contributed by atoms with E-state index >= 15 is 0 Å². The standard InChI is InChI=1S/C13H18N4S/c14-7-11(9-3-1-2-4-9)17-12-10-5-6-18-13(10)16-8-15-12/h5-6,8-9,11H,1-4,7,14H2,(H,15,16,17). The fourth-order valence-electron chi connectivity index (χ4n) is 2.81. The molecule has 1 aliphatic rings. The summed E-state index contributed by atoms with van der Waals surface area (Å²) < 4.78 is 0. The number of nitrogens with zero attached hydrogens (tertiary/aromatic N) is 2. The highest BCUT2D eigenvalue weighted by Crippen LogP contribution is 2.30. The molecule has 18 heavy (non-hydrogen) atoms. The molecule has 5 heteroatoms. The molecule has 0 radical (unpaired) electrons. The first kappa shape index (κ1) is 11.9. The molecule has 2 aromatic rings. The van der Waals surface area contributed by atoms with Gasteiger partial charge in [-0.3, -0.25) is 0 Å². The van der Waals surface area contributed by atoms with Gasteiger partial charge < -0.3 is 11.1 Å². The molecule has 1 unspecified atom stereocenters. The first-order valence-electron chi connectivity index (χ1n) is 6.53. The molecule has 96 valence electrons. The Morgan fingerprint density at radius 2 is 2.22 bits per heavy atom. The quantitative estimate of drug-likeness (QED) is 0.889. The Kier molecular flexibility index (Phi) is 3.43. The Labute approximate surface area is 111 Å². The zero-order valence-corrected chi connectivity index (χ0v) is 11.1. The summed E-state index contributed by atoms with van der Waals surface area (Å²) in [5.41, 5.74) is 5.92. The highest BCUT2D eigenvalue weighted by molar-refractivity contribution is 7.16. The average Bonchev–Trinajstić information content (AvgIpc) is 3.06. The molecule has 3 rings (SSSR count). The van der Waals surface area contributed by atoms with Crippen LogP contribution in [0.15, 0.2) is 17.8 Å². The minimum atomic E-state index is 0.338. The van der Waals surface area contributed by atoms with Crippen LogP contribution in [-0.4, -0.2) is 22.6 Å². The van der Waals surface area contributed by atoms with Crippen LogP contribution < -0.4 is 11.1 Å². The smallest absolute Gasteiger partial charge is 0.138 e. The van der Waals surface area contributed by atoms with Gasteiger partial charge in [-0.25, -0.2) is 9.97 Å². The van der Waals surface area contributed by atoms with Crippen LogP contribution in [0.3, 0.4) is 0 Å². The lowest BCUT2D eigenvalue weighted by Gasteiger charge is -2.23. The molecule has 0 aliphatic heterocycles. The second-order valence-electron chi connectivity index (χ2n) is 4.89. The highest BCUT2D eigenvalue weighted by Gasteiger charge is 2.24. The summed E-state index contributed by atoms with van der Waals surface area (Å²) in [6, 6.07) is 2.41. The predicted molar refractivity (Wildman–Crippen MR) is 75.8 cm³/mol. The molecule has 1 aliphatic carbocycles. The van der Waals surface area contributed by atoms with Crippen molar-refractivity contribution >= 4 is 27.4 Å². The predicted octanol–water partition coefficient (Wildman–Crippen LogP) is 2.62. The van der Waals surface area contributed by atoms with Crippen molar-refractivity contribution in [2.75, 3.05) is 11.9 Å². The Balaban J connectivity index is 1.83. The van der Waals surface area contributed by atoms with Gasteiger partial charge in [0.05, 0.1) is 5.39 Å². The van der Waals surface area contributed by atoms with Gasteiger partial charge >= 0.3 is 0 Å². The Morgan fingerprint density at radius 3 is 3.00 bits per heavy atom. The van der Waals surface area contributed by atoms with Crippen molar-refractivity contribution in [3.8, 4) is 0 Å². The summed E-state index contributed by atoms with van der Waals surface area (Å²) in [7, 11) is 0. The zero-order valence-electron chi connectivity index (χ0n) is 10.3. The van der Waals surface area contributed by atoms with Crippen molar-refractivity contribution < 1.29 is 0 Å². The zero-order chi connectivity index (χ0) is 12.4. The third-order valence-corrected chi connectivity index (χ3v) is 4.63. The molecule has 3 N–H and O–H groups in total. The van der Waals surface area contributed by atoms with E-state index in [4.69, 9.17) is 5.73 Å². The summed E-state index contributed by atoms with van der Waals surface area (Å²) in [5, 5.41) is 6.69. The number of aromatic nitrogens is 2. The van der Waals surface area contributed by atoms with Crippen LogP contribution in [0.2, 0.25) is 0 Å². The van der Waals surface area contributed by atoms with E-state index in [0.717, 1.165) is 16.0 Å². The molecular formula is C13H18N4S. The number of fused-ring (bicyclic) bond motifs is 1. The molecule has 1 saturated carbocycles. The van der Waals surface area contributed by atoms with E-state index in [1.807, 2.05) is 0 Å². The topological polar surface area (TPSA) is 63.8 Å². The summed E-state index contributed by atoms with van der Waals surface area (Å²) >= 11 is 1.65. The average molecular weight is 262 g/mol. The van der Waals surface area contributed by atoms with Crippen molar-refractivity contribution in [3.63, 3.8) is 0 Å². The monoisotopic (exact) mass is 262 g/mol. The summed E-state index contributed by atoms with van der Waals surface area (Å²) in [4.78, 5) is 9.67. The Morgan fingerprint density at radius 1 is 1.39 bits per heavy atom. The maximum Gasteiger partial charge on any atom is 0.138 e. The number of rotatable bonds is 4. The molecule has 4 nitrogen and oxygen atoms in total. The van der Waals surface area contributed by atoms with E-state index in [-0.39, 0.29) is 0 Å². The van der Waals surface area contributed by atoms with Gasteiger partial charge in [0.25, 0.3) is 0 Å². The van der Waals surface area contributed by atoms with E-state index in [1.165, 1.54) is 25.7 Å². The van der Waals surface area contributed by atoms with E-state index in [0.29, 0.717) is 18.5 Å². The molecular weight excluding hydrogens is 244 g/mol. The van der Waals surface area contributed by atoms with Crippen LogP contribution in [0, 0.1) is 5.92 Å². The number of thiophene rings is 1. The summed E-state index contributed by atoms with van der Waals surface area (Å²) in [6.07, 6.45) is 6.86. The van der Waals surface area contributed by atoms with Gasteiger partial charge in [0.1, 0.15) is 17.0 Å². The number of nitrogens with one attached hydrogen (secondary N) is 1. The maximum atomic E-state index is 5.92. The van der Waals surface area contributed by atoms with Gasteiger partial charge in [0.2, 0.25) is 0 Å². The third-order valence-electron chi connectivity index (χ3n) is 3.81. The SMILES string of the molecule is NCC(Nc1ncnc2sccc12)C1CCCC1. The Bertz CT molecular complexity index is 518. The maximum absolute atomic E-state index is 5.92. The van der Waals surface area contributed by atoms with Gasteiger partial charge in [-0.05, 0) is 30.2 Å². The largest absolute Gasteiger partial charge is 0.365 e. The van der Waals surface area contributed by atoms with E-state index in [1.54, 1.807) is 17.7 Å². The molecule has 2 aromatic heterocycles. The number of hydrogen-bond donors (Lipinski definition) is 2. The number of anilines is 1. The number of hydrogen-bond acceptors (Lipinski definition) is 5. The van der Waals surface area contributed by atoms with Gasteiger partial charge in [0.15, 0.2) is 0 Å². The van der Waals surface area contributed by atoms with E-state index in [2.05, 4.69) is 26.7 Å². The van der Waals surface area contributed by atoms with Crippen LogP contribution >= 0.6 is 11.3 Å². The summed E-state index contributed by atoms with van der Waals surface area (Å²) in [6.45, 7) is 0.667. The van der Waals surface area contributed by atoms with Gasteiger partial charge in [-0.2, -0.15) is 0 Å². The normalized spacial score (nSPS) is 18.3. The molecule has 0 bridgehead atoms. The molecule has 0 amide bonds. The van der Waals surface area contributed by atoms with E-state index in [9.17, 15) is 0 Å². The van der Waals surface area contributed by atoms with E-state index < -0.39 is 0 Å². The second-order valence-corrected chi connectivity index (χ2v) is 5.79. The first-order valence-corrected chi connectivity index (χ1v) is 7.41. The first-order chi connectivity index (χ1) is 8.88. The molecule has 1 atom stereocenters. The van der Waals surface area contributed by atoms with Crippen molar-refractivity contribution in [2.24, 2.45) is 11.7 Å². The molecule has 0 saturated heterocycles. The highest BCUT2D eigenvalue weighted by atomic mass is 32.1. The molecule has 2 heterocycles. The van der Waals surface area contributed by atoms with Gasteiger partial charge in [-0.1, -0.05) is 12.8 Å². The lowest BCUT2D eigenvalue weighted by atomic mass is 9.98. The molecule has 0 spiro atoms. The van der Waals surface area contributed by atoms with Crippen molar-refractivity contribution in [2.45, 2.75) is 31.7 Å². The second kappa shape index (κ2) is 5.20. The van der Waals surface area contributed by atoms with Crippen molar-refractivity contribution in [1.29, 1.82) is 0 Å². The summed E-state index contributed by atoms with van der Waals surface area (Å²) in [5.74, 6) is 1.63. The minimum Gasteiger partial charge on any atom is -0.365 e. The van der Waals surface area contributed by atoms with Crippen LogP contribution in [0.5, 0.6) is 0 Å². The Hall–Kier alpha value is -1.20. The molecule has 0 aromatic carbocycles. The fraction of sp³-hybridized carbons (Fsp3) is 0.538. The number of nitrogens with two attached hydrogens (primary N) is 1.